The Morgan fingerprint density at radius 1 is 1.16 bits per heavy atom. The zero-order valence-corrected chi connectivity index (χ0v) is 14.7. The van der Waals surface area contributed by atoms with E-state index >= 15 is 0 Å². The zero-order valence-electron chi connectivity index (χ0n) is 13.9. The molecule has 6 nitrogen and oxygen atoms in total. The minimum Gasteiger partial charge on any atom is -0.337 e. The summed E-state index contributed by atoms with van der Waals surface area (Å²) in [6.45, 7) is 1.37. The van der Waals surface area contributed by atoms with Crippen LogP contribution in [0.3, 0.4) is 0 Å². The van der Waals surface area contributed by atoms with Gasteiger partial charge in [0.15, 0.2) is 0 Å². The molecule has 0 N–H and O–H groups in total. The van der Waals surface area contributed by atoms with Crippen LogP contribution >= 0.6 is 11.3 Å². The first-order valence-electron chi connectivity index (χ1n) is 8.31. The Hall–Kier alpha value is -2.54. The Kier molecular flexibility index (Phi) is 4.09. The third-order valence-corrected chi connectivity index (χ3v) is 5.82. The van der Waals surface area contributed by atoms with Gasteiger partial charge in [0, 0.05) is 32.1 Å². The fraction of sp³-hybridized carbons (Fsp3) is 0.333. The summed E-state index contributed by atoms with van der Waals surface area (Å²) in [5.74, 6) is 0.285. The molecule has 1 aromatic carbocycles. The first-order valence-corrected chi connectivity index (χ1v) is 9.12. The predicted octanol–water partition coefficient (Wildman–Crippen LogP) is 2.41. The Bertz CT molecular complexity index is 953. The second-order valence-electron chi connectivity index (χ2n) is 6.27. The quantitative estimate of drug-likeness (QED) is 0.709. The molecule has 7 heteroatoms. The molecule has 3 heterocycles. The van der Waals surface area contributed by atoms with E-state index in [0.29, 0.717) is 24.7 Å². The lowest BCUT2D eigenvalue weighted by Crippen LogP contribution is -2.39. The normalized spacial score (nSPS) is 15.6. The molecule has 1 aliphatic heterocycles. The van der Waals surface area contributed by atoms with E-state index in [1.54, 1.807) is 18.4 Å². The highest BCUT2D eigenvalue weighted by atomic mass is 32.1. The molecule has 25 heavy (non-hydrogen) atoms. The molecule has 2 aromatic heterocycles. The van der Waals surface area contributed by atoms with Crippen molar-refractivity contribution in [2.75, 3.05) is 13.1 Å². The average Bonchev–Trinajstić information content (AvgIpc) is 3.08. The molecule has 1 saturated heterocycles. The van der Waals surface area contributed by atoms with Crippen LogP contribution in [0.1, 0.15) is 34.3 Å². The fourth-order valence-electron chi connectivity index (χ4n) is 3.17. The summed E-state index contributed by atoms with van der Waals surface area (Å²) in [5.41, 5.74) is 1.15. The van der Waals surface area contributed by atoms with Crippen molar-refractivity contribution in [2.45, 2.75) is 18.8 Å². The van der Waals surface area contributed by atoms with Crippen molar-refractivity contribution in [3.63, 3.8) is 0 Å². The number of rotatable bonds is 2. The SMILES string of the molecule is Cn1nc(C(=O)N2CCC(c3nc4ccccc4s3)CC2)ccc1=O. The molecule has 0 radical (unpaired) electrons. The average molecular weight is 354 g/mol. The van der Waals surface area contributed by atoms with Crippen LogP contribution < -0.4 is 5.56 Å². The number of amides is 1. The lowest BCUT2D eigenvalue weighted by molar-refractivity contribution is 0.0704. The van der Waals surface area contributed by atoms with E-state index in [4.69, 9.17) is 4.98 Å². The molecule has 3 aromatic rings. The molecule has 0 unspecified atom stereocenters. The van der Waals surface area contributed by atoms with E-state index in [9.17, 15) is 9.59 Å². The topological polar surface area (TPSA) is 68.1 Å². The molecule has 0 aliphatic carbocycles. The highest BCUT2D eigenvalue weighted by molar-refractivity contribution is 7.18. The Balaban J connectivity index is 1.46. The largest absolute Gasteiger partial charge is 0.337 e. The van der Waals surface area contributed by atoms with Crippen molar-refractivity contribution in [1.29, 1.82) is 0 Å². The number of nitrogens with zero attached hydrogens (tertiary/aromatic N) is 4. The van der Waals surface area contributed by atoms with Gasteiger partial charge in [-0.3, -0.25) is 9.59 Å². The number of carbonyl (C=O) groups excluding carboxylic acids is 1. The highest BCUT2D eigenvalue weighted by Gasteiger charge is 2.27. The van der Waals surface area contributed by atoms with Gasteiger partial charge in [0.2, 0.25) is 0 Å². The predicted molar refractivity (Wildman–Crippen MR) is 97.0 cm³/mol. The summed E-state index contributed by atoms with van der Waals surface area (Å²) in [7, 11) is 1.55. The molecule has 0 spiro atoms. The molecule has 4 rings (SSSR count). The maximum atomic E-state index is 12.6. The number of likely N-dealkylation sites (tertiary alicyclic amines) is 1. The van der Waals surface area contributed by atoms with Gasteiger partial charge in [-0.2, -0.15) is 5.10 Å². The molecule has 1 amide bonds. The molecule has 1 aliphatic rings. The molecule has 0 saturated carbocycles. The first kappa shape index (κ1) is 16.0. The van der Waals surface area contributed by atoms with Crippen LogP contribution in [0.25, 0.3) is 10.2 Å². The highest BCUT2D eigenvalue weighted by Crippen LogP contribution is 2.33. The summed E-state index contributed by atoms with van der Waals surface area (Å²) >= 11 is 1.75. The summed E-state index contributed by atoms with van der Waals surface area (Å²) < 4.78 is 2.41. The maximum Gasteiger partial charge on any atom is 0.274 e. The Labute approximate surface area is 148 Å². The van der Waals surface area contributed by atoms with Crippen molar-refractivity contribution >= 4 is 27.5 Å². The van der Waals surface area contributed by atoms with Gasteiger partial charge in [-0.05, 0) is 31.0 Å². The standard InChI is InChI=1S/C18H18N4O2S/c1-21-16(23)7-6-14(20-21)18(24)22-10-8-12(9-11-22)17-19-13-4-2-3-5-15(13)25-17/h2-7,12H,8-11H2,1H3. The summed E-state index contributed by atoms with van der Waals surface area (Å²) in [4.78, 5) is 30.6. The number of aromatic nitrogens is 3. The van der Waals surface area contributed by atoms with E-state index in [0.717, 1.165) is 23.4 Å². The van der Waals surface area contributed by atoms with E-state index in [2.05, 4.69) is 11.2 Å². The minimum atomic E-state index is -0.217. The van der Waals surface area contributed by atoms with Gasteiger partial charge in [-0.15, -0.1) is 11.3 Å². The number of thiazole rings is 1. The van der Waals surface area contributed by atoms with Crippen LogP contribution in [-0.4, -0.2) is 38.7 Å². The van der Waals surface area contributed by atoms with Crippen molar-refractivity contribution in [3.05, 3.63) is 57.5 Å². The van der Waals surface area contributed by atoms with Crippen molar-refractivity contribution in [1.82, 2.24) is 19.7 Å². The number of hydrogen-bond donors (Lipinski definition) is 0. The van der Waals surface area contributed by atoms with E-state index in [1.807, 2.05) is 23.1 Å². The number of aryl methyl sites for hydroxylation is 1. The van der Waals surface area contributed by atoms with Crippen molar-refractivity contribution < 1.29 is 4.79 Å². The lowest BCUT2D eigenvalue weighted by Gasteiger charge is -2.30. The maximum absolute atomic E-state index is 12.6. The van der Waals surface area contributed by atoms with Gasteiger partial charge >= 0.3 is 0 Å². The van der Waals surface area contributed by atoms with Gasteiger partial charge in [-0.1, -0.05) is 12.1 Å². The monoisotopic (exact) mass is 354 g/mol. The van der Waals surface area contributed by atoms with Crippen LogP contribution in [0.4, 0.5) is 0 Å². The zero-order chi connectivity index (χ0) is 17.4. The Morgan fingerprint density at radius 2 is 1.92 bits per heavy atom. The lowest BCUT2D eigenvalue weighted by atomic mass is 9.97. The number of para-hydroxylation sites is 1. The van der Waals surface area contributed by atoms with Gasteiger partial charge < -0.3 is 4.90 Å². The summed E-state index contributed by atoms with van der Waals surface area (Å²) in [6, 6.07) is 11.1. The molecular formula is C18H18N4O2S. The van der Waals surface area contributed by atoms with Gasteiger partial charge in [0.25, 0.3) is 11.5 Å². The van der Waals surface area contributed by atoms with Crippen LogP contribution in [-0.2, 0) is 7.05 Å². The van der Waals surface area contributed by atoms with E-state index in [1.165, 1.54) is 21.5 Å². The van der Waals surface area contributed by atoms with Crippen molar-refractivity contribution in [2.24, 2.45) is 7.05 Å². The second-order valence-corrected chi connectivity index (χ2v) is 7.33. The third-order valence-electron chi connectivity index (χ3n) is 4.62. The molecule has 0 bridgehead atoms. The first-order chi connectivity index (χ1) is 12.1. The molecule has 1 fully saturated rings. The molecular weight excluding hydrogens is 336 g/mol. The van der Waals surface area contributed by atoms with Crippen LogP contribution in [0, 0.1) is 0 Å². The van der Waals surface area contributed by atoms with Gasteiger partial charge in [0.1, 0.15) is 5.69 Å². The Morgan fingerprint density at radius 3 is 2.64 bits per heavy atom. The number of hydrogen-bond acceptors (Lipinski definition) is 5. The van der Waals surface area contributed by atoms with Crippen LogP contribution in [0.5, 0.6) is 0 Å². The van der Waals surface area contributed by atoms with Crippen LogP contribution in [0.2, 0.25) is 0 Å². The van der Waals surface area contributed by atoms with Crippen molar-refractivity contribution in [3.8, 4) is 0 Å². The third kappa shape index (κ3) is 3.07. The molecule has 128 valence electrons. The summed E-state index contributed by atoms with van der Waals surface area (Å²) in [6.07, 6.45) is 1.80. The summed E-state index contributed by atoms with van der Waals surface area (Å²) in [5, 5.41) is 5.22. The second kappa shape index (κ2) is 6.40. The van der Waals surface area contributed by atoms with Gasteiger partial charge in [0.05, 0.1) is 15.2 Å². The van der Waals surface area contributed by atoms with E-state index < -0.39 is 0 Å². The number of fused-ring (bicyclic) bond motifs is 1. The van der Waals surface area contributed by atoms with E-state index in [-0.39, 0.29) is 11.5 Å². The number of benzene rings is 1. The smallest absolute Gasteiger partial charge is 0.274 e. The number of carbonyl (C=O) groups is 1. The van der Waals surface area contributed by atoms with Crippen LogP contribution in [0.15, 0.2) is 41.2 Å². The number of piperidine rings is 1. The minimum absolute atomic E-state index is 0.113. The fourth-order valence-corrected chi connectivity index (χ4v) is 4.31. The van der Waals surface area contributed by atoms with Gasteiger partial charge in [-0.25, -0.2) is 9.67 Å². The molecule has 0 atom stereocenters.